The molecule has 0 amide bonds. The zero-order chi connectivity index (χ0) is 23.2. The first-order valence-corrected chi connectivity index (χ1v) is 10.8. The van der Waals surface area contributed by atoms with E-state index in [0.29, 0.717) is 23.9 Å². The van der Waals surface area contributed by atoms with E-state index in [0.717, 1.165) is 28.0 Å². The van der Waals surface area contributed by atoms with Gasteiger partial charge in [0.2, 0.25) is 0 Å². The maximum absolute atomic E-state index is 6.27. The van der Waals surface area contributed by atoms with E-state index in [1.165, 1.54) is 0 Å². The van der Waals surface area contributed by atoms with Crippen LogP contribution in [0.5, 0.6) is 23.0 Å². The summed E-state index contributed by atoms with van der Waals surface area (Å²) in [6.45, 7) is 7.28. The molecule has 170 valence electrons. The topological polar surface area (TPSA) is 88.2 Å². The highest BCUT2D eigenvalue weighted by molar-refractivity contribution is 5.78. The number of nitrogens with two attached hydrogens (primary N) is 1. The van der Waals surface area contributed by atoms with E-state index in [1.807, 2.05) is 36.4 Å². The van der Waals surface area contributed by atoms with Crippen LogP contribution in [0.25, 0.3) is 11.1 Å². The van der Waals surface area contributed by atoms with Crippen LogP contribution in [0.2, 0.25) is 0 Å². The molecule has 0 fully saturated rings. The second kappa shape index (κ2) is 7.69. The Kier molecular flexibility index (Phi) is 4.92. The molecule has 33 heavy (non-hydrogen) atoms. The van der Waals surface area contributed by atoms with Gasteiger partial charge in [0, 0.05) is 22.9 Å². The van der Waals surface area contributed by atoms with Crippen molar-refractivity contribution in [2.24, 2.45) is 16.1 Å². The Hall–Kier alpha value is -3.74. The Labute approximate surface area is 193 Å². The number of hydrogen-bond acceptors (Lipinski definition) is 7. The minimum Gasteiger partial charge on any atom is -0.495 e. The third-order valence-electron chi connectivity index (χ3n) is 5.73. The van der Waals surface area contributed by atoms with Crippen molar-refractivity contribution in [2.45, 2.75) is 26.3 Å². The molecule has 1 aromatic heterocycles. The van der Waals surface area contributed by atoms with Crippen molar-refractivity contribution in [3.8, 4) is 34.1 Å². The van der Waals surface area contributed by atoms with Crippen LogP contribution < -0.4 is 19.9 Å². The molecular formula is C26H27N3O4. The molecular weight excluding hydrogens is 418 g/mol. The van der Waals surface area contributed by atoms with E-state index in [2.05, 4.69) is 31.8 Å². The molecule has 0 unspecified atom stereocenters. The predicted octanol–water partition coefficient (Wildman–Crippen LogP) is 4.88. The van der Waals surface area contributed by atoms with Gasteiger partial charge in [-0.2, -0.15) is 0 Å². The van der Waals surface area contributed by atoms with Crippen LogP contribution in [0.3, 0.4) is 0 Å². The molecule has 0 bridgehead atoms. The number of nitrogens with zero attached hydrogens (tertiary/aromatic N) is 2. The van der Waals surface area contributed by atoms with Gasteiger partial charge in [0.25, 0.3) is 6.02 Å². The SMILES string of the molecule is COc1cncc(-c2ccc3c(c2)[C@]2(COC(N)=N2)c2cc(OCC(C)(C)C)ccc2O3)c1. The van der Waals surface area contributed by atoms with Gasteiger partial charge < -0.3 is 24.7 Å². The van der Waals surface area contributed by atoms with E-state index in [4.69, 9.17) is 29.7 Å². The first-order valence-electron chi connectivity index (χ1n) is 10.8. The number of amidine groups is 1. The number of rotatable bonds is 4. The number of aliphatic imine (C=N–C) groups is 1. The van der Waals surface area contributed by atoms with Gasteiger partial charge in [0.15, 0.2) is 5.54 Å². The van der Waals surface area contributed by atoms with Crippen molar-refractivity contribution in [1.29, 1.82) is 0 Å². The van der Waals surface area contributed by atoms with Gasteiger partial charge >= 0.3 is 0 Å². The third-order valence-corrected chi connectivity index (χ3v) is 5.73. The van der Waals surface area contributed by atoms with Gasteiger partial charge in [-0.1, -0.05) is 26.8 Å². The Morgan fingerprint density at radius 1 is 0.970 bits per heavy atom. The molecule has 1 atom stereocenters. The molecule has 3 aromatic rings. The summed E-state index contributed by atoms with van der Waals surface area (Å²) >= 11 is 0. The lowest BCUT2D eigenvalue weighted by molar-refractivity contribution is 0.197. The van der Waals surface area contributed by atoms with Crippen LogP contribution in [-0.4, -0.2) is 31.3 Å². The van der Waals surface area contributed by atoms with Crippen molar-refractivity contribution in [3.63, 3.8) is 0 Å². The highest BCUT2D eigenvalue weighted by Crippen LogP contribution is 2.52. The monoisotopic (exact) mass is 445 g/mol. The lowest BCUT2D eigenvalue weighted by atomic mass is 9.80. The molecule has 3 heterocycles. The van der Waals surface area contributed by atoms with Gasteiger partial charge in [-0.15, -0.1) is 0 Å². The van der Waals surface area contributed by atoms with Gasteiger partial charge in [0.05, 0.1) is 19.9 Å². The largest absolute Gasteiger partial charge is 0.495 e. The van der Waals surface area contributed by atoms with E-state index < -0.39 is 5.54 Å². The molecule has 2 N–H and O–H groups in total. The zero-order valence-corrected chi connectivity index (χ0v) is 19.2. The summed E-state index contributed by atoms with van der Waals surface area (Å²) in [7, 11) is 1.63. The van der Waals surface area contributed by atoms with Crippen molar-refractivity contribution >= 4 is 6.02 Å². The van der Waals surface area contributed by atoms with Crippen LogP contribution >= 0.6 is 0 Å². The van der Waals surface area contributed by atoms with Gasteiger partial charge in [0.1, 0.15) is 29.6 Å². The number of fused-ring (bicyclic) bond motifs is 4. The summed E-state index contributed by atoms with van der Waals surface area (Å²) in [5.74, 6) is 2.87. The number of methoxy groups -OCH3 is 1. The van der Waals surface area contributed by atoms with E-state index in [-0.39, 0.29) is 18.0 Å². The number of ether oxygens (including phenoxy) is 4. The number of aromatic nitrogens is 1. The Bertz CT molecular complexity index is 1250. The summed E-state index contributed by atoms with van der Waals surface area (Å²) < 4.78 is 23.4. The first kappa shape index (κ1) is 21.1. The maximum atomic E-state index is 6.27. The van der Waals surface area contributed by atoms with Crippen LogP contribution in [0.1, 0.15) is 31.9 Å². The highest BCUT2D eigenvalue weighted by atomic mass is 16.5. The second-order valence-electron chi connectivity index (χ2n) is 9.53. The fourth-order valence-electron chi connectivity index (χ4n) is 4.09. The highest BCUT2D eigenvalue weighted by Gasteiger charge is 2.47. The molecule has 2 aromatic carbocycles. The third kappa shape index (κ3) is 3.84. The molecule has 0 saturated heterocycles. The van der Waals surface area contributed by atoms with Crippen LogP contribution in [0.4, 0.5) is 0 Å². The molecule has 5 rings (SSSR count). The van der Waals surface area contributed by atoms with Crippen molar-refractivity contribution in [2.75, 3.05) is 20.3 Å². The van der Waals surface area contributed by atoms with E-state index in [1.54, 1.807) is 19.5 Å². The van der Waals surface area contributed by atoms with E-state index >= 15 is 0 Å². The van der Waals surface area contributed by atoms with Crippen molar-refractivity contribution in [1.82, 2.24) is 4.98 Å². The zero-order valence-electron chi connectivity index (χ0n) is 19.2. The number of hydrogen-bond donors (Lipinski definition) is 1. The van der Waals surface area contributed by atoms with Gasteiger partial charge in [-0.25, -0.2) is 4.99 Å². The van der Waals surface area contributed by atoms with Crippen LogP contribution in [0, 0.1) is 5.41 Å². The normalized spacial score (nSPS) is 18.6. The van der Waals surface area contributed by atoms with Gasteiger partial charge in [-0.3, -0.25) is 4.98 Å². The summed E-state index contributed by atoms with van der Waals surface area (Å²) in [6, 6.07) is 13.9. The number of pyridine rings is 1. The summed E-state index contributed by atoms with van der Waals surface area (Å²) in [5.41, 5.74) is 8.87. The second-order valence-corrected chi connectivity index (χ2v) is 9.53. The van der Waals surface area contributed by atoms with Crippen molar-refractivity contribution < 1.29 is 18.9 Å². The molecule has 0 radical (unpaired) electrons. The Balaban J connectivity index is 1.62. The van der Waals surface area contributed by atoms with E-state index in [9.17, 15) is 0 Å². The number of benzene rings is 2. The molecule has 2 aliphatic rings. The summed E-state index contributed by atoms with van der Waals surface area (Å²) in [5, 5.41) is 0. The maximum Gasteiger partial charge on any atom is 0.283 e. The van der Waals surface area contributed by atoms with Gasteiger partial charge in [-0.05, 0) is 47.4 Å². The first-order chi connectivity index (χ1) is 15.8. The molecule has 1 spiro atoms. The minimum atomic E-state index is -0.823. The van der Waals surface area contributed by atoms with Crippen LogP contribution in [-0.2, 0) is 10.3 Å². The lowest BCUT2D eigenvalue weighted by Crippen LogP contribution is -2.31. The standard InChI is InChI=1S/C26H27N3O4/c1-25(2,3)14-31-18-6-8-23-21(11-18)26(15-32-24(27)29-26)20-10-16(5-7-22(20)33-23)17-9-19(30-4)13-28-12-17/h5-13H,14-15H2,1-4H3,(H2,27,29)/t26-/m1/s1. The minimum absolute atomic E-state index is 0.0371. The quantitative estimate of drug-likeness (QED) is 0.616. The molecule has 7 nitrogen and oxygen atoms in total. The molecule has 7 heteroatoms. The fourth-order valence-corrected chi connectivity index (χ4v) is 4.09. The fraction of sp³-hybridized carbons (Fsp3) is 0.308. The summed E-state index contributed by atoms with van der Waals surface area (Å²) in [4.78, 5) is 9.06. The molecule has 0 aliphatic carbocycles. The molecule has 0 saturated carbocycles. The molecule has 2 aliphatic heterocycles. The summed E-state index contributed by atoms with van der Waals surface area (Å²) in [6.07, 6.45) is 3.48. The Morgan fingerprint density at radius 2 is 1.73 bits per heavy atom. The van der Waals surface area contributed by atoms with Crippen LogP contribution in [0.15, 0.2) is 59.9 Å². The average Bonchev–Trinajstić information content (AvgIpc) is 3.19. The van der Waals surface area contributed by atoms with Crippen molar-refractivity contribution in [3.05, 3.63) is 66.0 Å². The smallest absolute Gasteiger partial charge is 0.283 e. The Morgan fingerprint density at radius 3 is 2.42 bits per heavy atom. The average molecular weight is 446 g/mol. The predicted molar refractivity (Wildman–Crippen MR) is 126 cm³/mol. The lowest BCUT2D eigenvalue weighted by Gasteiger charge is -2.34.